The number of carbonyl (C=O) groups is 4. The molecule has 4 aromatic carbocycles. The van der Waals surface area contributed by atoms with Crippen molar-refractivity contribution < 1.29 is 55.5 Å². The molecule has 0 atom stereocenters. The summed E-state index contributed by atoms with van der Waals surface area (Å²) < 4.78 is 74.1. The minimum atomic E-state index is -2.50. The van der Waals surface area contributed by atoms with E-state index in [0.29, 0.717) is 49.7 Å². The Hall–Kier alpha value is -6.42. The largest absolute Gasteiger partial charge is 0.484 e. The van der Waals surface area contributed by atoms with Gasteiger partial charge in [-0.1, -0.05) is 163 Å². The van der Waals surface area contributed by atoms with Gasteiger partial charge in [-0.15, -0.1) is 0 Å². The maximum Gasteiger partial charge on any atom is 0.337 e. The van der Waals surface area contributed by atoms with E-state index in [1.54, 1.807) is 113 Å². The summed E-state index contributed by atoms with van der Waals surface area (Å²) in [4.78, 5) is 51.3. The smallest absolute Gasteiger partial charge is 0.337 e. The fraction of sp³-hybridized carbons (Fsp3) is 0.544. The minimum Gasteiger partial charge on any atom is -0.484 e. The van der Waals surface area contributed by atoms with Crippen LogP contribution in [0.4, 0.5) is 17.4 Å². The van der Waals surface area contributed by atoms with Crippen molar-refractivity contribution in [3.05, 3.63) is 140 Å². The van der Waals surface area contributed by atoms with E-state index in [2.05, 4.69) is 26.7 Å². The van der Waals surface area contributed by atoms with Crippen LogP contribution in [0.3, 0.4) is 0 Å². The summed E-state index contributed by atoms with van der Waals surface area (Å²) in [7, 11) is 0.228. The van der Waals surface area contributed by atoms with Gasteiger partial charge in [-0.2, -0.15) is 0 Å². The molecule has 0 bridgehead atoms. The molecule has 2 aromatic heterocycles. The van der Waals surface area contributed by atoms with Crippen molar-refractivity contribution in [3.8, 4) is 11.3 Å². The molecule has 5 aliphatic carbocycles. The lowest BCUT2D eigenvalue weighted by Crippen LogP contribution is -2.34. The average Bonchev–Trinajstić information content (AvgIpc) is 1.58. The number of ether oxygens (including phenoxy) is 4. The van der Waals surface area contributed by atoms with Crippen LogP contribution in [-0.2, 0) is 41.6 Å². The standard InChI is InChI=1S/C30H33BrFNO4.C30H32FNO4.C19H34.BF2H2/c1-30(2,3)37-29(35)22(14-21-15-23(32)11-13-26(21)31)17-33-18-25(19-8-6-5-7-9-19)24-12-10-20(16-27(24)33)28(34)36-4;1-30(2,3)36-29(34)21-14-20-15-22(31)11-13-23(20)27-26(18-8-6-5-7-9-18)24-12-10-19(28(33)35-4)16-25(24)32(27)17-21;1-4-10-16(11-5-1)19(17-12-6-2-7-13-17)18-14-8-3-9-15-18;2-1-3/h10-16,18-19H,5-9,17H2,1-4H3;10-16,18H,5-9,17H2,1-4H3;16-19H,1-15H2;1H2/q;;;-1/b22-14+;;;. The second-order valence-corrected chi connectivity index (χ2v) is 30.2. The molecule has 5 fully saturated rings. The van der Waals surface area contributed by atoms with Gasteiger partial charge in [0.15, 0.2) is 0 Å². The lowest BCUT2D eigenvalue weighted by molar-refractivity contribution is -0.151. The molecule has 12 rings (SSSR count). The third-order valence-electron chi connectivity index (χ3n) is 20.4. The van der Waals surface area contributed by atoms with Gasteiger partial charge in [0, 0.05) is 38.0 Å². The zero-order valence-corrected chi connectivity index (χ0v) is 59.4. The average molecular weight is 1370 g/mol. The molecule has 5 saturated carbocycles. The Morgan fingerprint density at radius 3 is 1.57 bits per heavy atom. The van der Waals surface area contributed by atoms with Gasteiger partial charge in [0.1, 0.15) is 22.8 Å². The number of benzene rings is 4. The van der Waals surface area contributed by atoms with Gasteiger partial charge in [-0.3, -0.25) is 0 Å². The minimum absolute atomic E-state index is 0.200. The maximum absolute atomic E-state index is 14.4. The highest BCUT2D eigenvalue weighted by molar-refractivity contribution is 9.10. The summed E-state index contributed by atoms with van der Waals surface area (Å²) >= 11 is 3.46. The van der Waals surface area contributed by atoms with Crippen LogP contribution in [-0.4, -0.2) is 66.3 Å². The molecule has 0 radical (unpaired) electrons. The van der Waals surface area contributed by atoms with Crippen LogP contribution in [0, 0.1) is 35.3 Å². The Morgan fingerprint density at radius 1 is 0.579 bits per heavy atom. The molecule has 6 aliphatic rings. The Balaban J connectivity index is 0.000000172. The first-order chi connectivity index (χ1) is 45.6. The molecule has 1 aliphatic heterocycles. The molecule has 10 nitrogen and oxygen atoms in total. The van der Waals surface area contributed by atoms with E-state index in [1.165, 1.54) is 94.6 Å². The van der Waals surface area contributed by atoms with Gasteiger partial charge in [-0.05, 0) is 198 Å². The molecule has 0 saturated heterocycles. The third-order valence-corrected chi connectivity index (χ3v) is 21.1. The van der Waals surface area contributed by atoms with Gasteiger partial charge in [0.05, 0.1) is 55.3 Å². The maximum atomic E-state index is 14.4. The molecule has 95 heavy (non-hydrogen) atoms. The van der Waals surface area contributed by atoms with Crippen LogP contribution in [0.15, 0.2) is 94.6 Å². The van der Waals surface area contributed by atoms with Crippen molar-refractivity contribution in [2.45, 2.75) is 238 Å². The van der Waals surface area contributed by atoms with E-state index in [9.17, 15) is 36.6 Å². The summed E-state index contributed by atoms with van der Waals surface area (Å²) in [5.41, 5.74) is 7.56. The summed E-state index contributed by atoms with van der Waals surface area (Å²) in [5, 5.41) is 2.13. The van der Waals surface area contributed by atoms with Crippen LogP contribution in [0.1, 0.15) is 257 Å². The zero-order valence-electron chi connectivity index (χ0n) is 57.8. The summed E-state index contributed by atoms with van der Waals surface area (Å²) in [6.45, 7) is 11.4. The Labute approximate surface area is 570 Å². The van der Waals surface area contributed by atoms with Crippen molar-refractivity contribution in [1.82, 2.24) is 9.13 Å². The van der Waals surface area contributed by atoms with E-state index in [0.717, 1.165) is 95.3 Å². The molecule has 0 unspecified atom stereocenters. The number of rotatable bonds is 12. The number of nitrogens with zero attached hydrogens (tertiary/aromatic N) is 2. The third kappa shape index (κ3) is 19.0. The number of halogens is 5. The lowest BCUT2D eigenvalue weighted by Gasteiger charge is -2.44. The summed E-state index contributed by atoms with van der Waals surface area (Å²) in [5.74, 6) is 2.80. The molecule has 6 aromatic rings. The SMILES string of the molecule is C1CCC(C(C2CCCCC2)C2CCCCC2)CC1.COC(=O)c1ccc2c(C3CCCCC3)c3n(c2c1)CC(C(=O)OC(C)(C)C)=Cc1cc(F)ccc1-3.COC(=O)c1ccc2c(C3CCCCC3)cn(C/C(=C\c3cc(F)ccc3Br)C(=O)OC(C)(C)C)c2c1.F[BH2-]F. The predicted octanol–water partition coefficient (Wildman–Crippen LogP) is 21.1. The summed E-state index contributed by atoms with van der Waals surface area (Å²) in [6.07, 6.45) is 40.4. The number of methoxy groups -OCH3 is 2. The Morgan fingerprint density at radius 2 is 1.05 bits per heavy atom. The molecule has 3 heterocycles. The van der Waals surface area contributed by atoms with Crippen LogP contribution in [0.5, 0.6) is 0 Å². The second kappa shape index (κ2) is 33.7. The van der Waals surface area contributed by atoms with E-state index < -0.39 is 48.7 Å². The van der Waals surface area contributed by atoms with Gasteiger partial charge in [-0.25, -0.2) is 28.0 Å². The van der Waals surface area contributed by atoms with Crippen molar-refractivity contribution in [2.24, 2.45) is 23.7 Å². The number of fused-ring (bicyclic) bond motifs is 6. The van der Waals surface area contributed by atoms with E-state index in [-0.39, 0.29) is 18.9 Å². The Kier molecular flexibility index (Phi) is 25.8. The molecular weight excluding hydrogens is 1270 g/mol. The first-order valence-corrected chi connectivity index (χ1v) is 36.3. The first kappa shape index (κ1) is 72.8. The van der Waals surface area contributed by atoms with E-state index in [4.69, 9.17) is 18.9 Å². The molecule has 0 spiro atoms. The number of hydrogen-bond donors (Lipinski definition) is 0. The van der Waals surface area contributed by atoms with E-state index >= 15 is 0 Å². The van der Waals surface area contributed by atoms with Crippen LogP contribution in [0.2, 0.25) is 0 Å². The topological polar surface area (TPSA) is 115 Å². The fourth-order valence-electron chi connectivity index (χ4n) is 16.3. The first-order valence-electron chi connectivity index (χ1n) is 35.5. The quantitative estimate of drug-likeness (QED) is 0.0391. The lowest BCUT2D eigenvalue weighted by atomic mass is 9.62. The summed E-state index contributed by atoms with van der Waals surface area (Å²) in [6, 6.07) is 20.3. The van der Waals surface area contributed by atoms with Crippen molar-refractivity contribution >= 4 is 81.6 Å². The number of carbonyl (C=O) groups excluding carboxylic acids is 4. The molecule has 514 valence electrons. The van der Waals surface area contributed by atoms with E-state index in [1.807, 2.05) is 70.4 Å². The monoisotopic (exact) mass is 1370 g/mol. The Bertz CT molecular complexity index is 3630. The highest BCUT2D eigenvalue weighted by atomic mass is 79.9. The van der Waals surface area contributed by atoms with Crippen molar-refractivity contribution in [3.63, 3.8) is 0 Å². The zero-order chi connectivity index (χ0) is 68.0. The highest BCUT2D eigenvalue weighted by Crippen LogP contribution is 2.49. The van der Waals surface area contributed by atoms with Crippen LogP contribution >= 0.6 is 15.9 Å². The molecule has 16 heteroatoms. The fourth-order valence-corrected chi connectivity index (χ4v) is 16.6. The second-order valence-electron chi connectivity index (χ2n) is 29.3. The molecule has 0 N–H and O–H groups in total. The number of hydrogen-bond acceptors (Lipinski definition) is 8. The van der Waals surface area contributed by atoms with Crippen LogP contribution < -0.4 is 0 Å². The highest BCUT2D eigenvalue weighted by Gasteiger charge is 2.38. The number of esters is 4. The van der Waals surface area contributed by atoms with Gasteiger partial charge < -0.3 is 36.7 Å². The normalized spacial score (nSPS) is 18.0. The van der Waals surface area contributed by atoms with Gasteiger partial charge >= 0.3 is 23.9 Å². The predicted molar refractivity (Wildman–Crippen MR) is 379 cm³/mol. The molecule has 0 amide bonds. The van der Waals surface area contributed by atoms with Gasteiger partial charge in [0.2, 0.25) is 0 Å². The number of aromatic nitrogens is 2. The van der Waals surface area contributed by atoms with Crippen molar-refractivity contribution in [2.75, 3.05) is 14.2 Å². The molecular formula is C79H101BBrF4N2O8-. The van der Waals surface area contributed by atoms with Gasteiger partial charge in [0.25, 0.3) is 7.83 Å². The van der Waals surface area contributed by atoms with Crippen LogP contribution in [0.25, 0.3) is 45.2 Å². The van der Waals surface area contributed by atoms with Crippen molar-refractivity contribution in [1.29, 1.82) is 0 Å².